The molecule has 1 atom stereocenters. The number of Topliss-reactive ketones (excluding diaryl/α,β-unsaturated/α-hetero) is 1. The van der Waals surface area contributed by atoms with Gasteiger partial charge in [-0.05, 0) is 30.9 Å². The molecule has 0 bridgehead atoms. The van der Waals surface area contributed by atoms with Gasteiger partial charge in [0.05, 0.1) is 6.10 Å². The van der Waals surface area contributed by atoms with Crippen LogP contribution in [0.15, 0.2) is 23.8 Å². The highest BCUT2D eigenvalue weighted by molar-refractivity contribution is 5.98. The van der Waals surface area contributed by atoms with Gasteiger partial charge in [-0.1, -0.05) is 12.2 Å². The summed E-state index contributed by atoms with van der Waals surface area (Å²) in [4.78, 5) is 21.7. The first-order valence-electron chi connectivity index (χ1n) is 6.34. The van der Waals surface area contributed by atoms with Crippen molar-refractivity contribution >= 4 is 11.8 Å². The second kappa shape index (κ2) is 8.61. The van der Waals surface area contributed by atoms with Crippen LogP contribution in [0.1, 0.15) is 25.7 Å². The molecule has 0 fully saturated rings. The molecule has 1 rings (SSSR count). The van der Waals surface area contributed by atoms with E-state index in [1.165, 1.54) is 0 Å². The molecule has 0 amide bonds. The summed E-state index contributed by atoms with van der Waals surface area (Å²) in [6.45, 7) is 0.188. The Morgan fingerprint density at radius 3 is 2.95 bits per heavy atom. The second-order valence-corrected chi connectivity index (χ2v) is 4.36. The SMILES string of the molecule is COC1C=C(C/C=C\CCCOCC(=O)O)C(=O)C1. The summed E-state index contributed by atoms with van der Waals surface area (Å²) < 4.78 is 10.0. The Balaban J connectivity index is 2.10. The lowest BCUT2D eigenvalue weighted by Crippen LogP contribution is -2.07. The van der Waals surface area contributed by atoms with Crippen molar-refractivity contribution in [2.75, 3.05) is 20.3 Å². The van der Waals surface area contributed by atoms with Crippen LogP contribution in [0.2, 0.25) is 0 Å². The summed E-state index contributed by atoms with van der Waals surface area (Å²) in [5, 5.41) is 8.35. The Kier molecular flexibility index (Phi) is 7.07. The van der Waals surface area contributed by atoms with Crippen LogP contribution < -0.4 is 0 Å². The number of carboxylic acids is 1. The third-order valence-electron chi connectivity index (χ3n) is 2.82. The van der Waals surface area contributed by atoms with Gasteiger partial charge >= 0.3 is 5.97 Å². The Morgan fingerprint density at radius 2 is 2.32 bits per heavy atom. The number of aliphatic carboxylic acids is 1. The predicted octanol–water partition coefficient (Wildman–Crippen LogP) is 1.73. The number of unbranched alkanes of at least 4 members (excludes halogenated alkanes) is 1. The summed E-state index contributed by atoms with van der Waals surface area (Å²) >= 11 is 0. The fraction of sp³-hybridized carbons (Fsp3) is 0.571. The van der Waals surface area contributed by atoms with Crippen molar-refractivity contribution in [3.05, 3.63) is 23.8 Å². The van der Waals surface area contributed by atoms with E-state index in [0.29, 0.717) is 19.4 Å². The van der Waals surface area contributed by atoms with E-state index in [0.717, 1.165) is 18.4 Å². The average Bonchev–Trinajstić information content (AvgIpc) is 2.73. The highest BCUT2D eigenvalue weighted by Crippen LogP contribution is 2.20. The monoisotopic (exact) mass is 268 g/mol. The standard InChI is InChI=1S/C14H20O5/c1-18-12-8-11(13(15)9-12)6-4-2-3-5-7-19-10-14(16)17/h2,4,8,12H,3,5-7,9-10H2,1H3,(H,16,17)/b4-2-. The first kappa shape index (κ1) is 15.6. The van der Waals surface area contributed by atoms with E-state index in [2.05, 4.69) is 0 Å². The Bertz CT molecular complexity index is 370. The van der Waals surface area contributed by atoms with Gasteiger partial charge in [-0.2, -0.15) is 0 Å². The highest BCUT2D eigenvalue weighted by Gasteiger charge is 2.22. The average molecular weight is 268 g/mol. The first-order valence-corrected chi connectivity index (χ1v) is 6.34. The number of hydrogen-bond acceptors (Lipinski definition) is 4. The van der Waals surface area contributed by atoms with Crippen LogP contribution in [0.3, 0.4) is 0 Å². The molecule has 1 aliphatic carbocycles. The summed E-state index contributed by atoms with van der Waals surface area (Å²) in [5.74, 6) is -0.795. The molecule has 19 heavy (non-hydrogen) atoms. The third-order valence-corrected chi connectivity index (χ3v) is 2.82. The number of carbonyl (C=O) groups excluding carboxylic acids is 1. The molecule has 0 saturated heterocycles. The fourth-order valence-corrected chi connectivity index (χ4v) is 1.81. The van der Waals surface area contributed by atoms with E-state index in [9.17, 15) is 9.59 Å². The highest BCUT2D eigenvalue weighted by atomic mass is 16.5. The lowest BCUT2D eigenvalue weighted by Gasteiger charge is -1.99. The molecule has 106 valence electrons. The minimum Gasteiger partial charge on any atom is -0.480 e. The minimum absolute atomic E-state index is 0.0691. The zero-order chi connectivity index (χ0) is 14.1. The van der Waals surface area contributed by atoms with Crippen LogP contribution in [-0.4, -0.2) is 43.3 Å². The smallest absolute Gasteiger partial charge is 0.329 e. The summed E-state index contributed by atoms with van der Waals surface area (Å²) in [5.41, 5.74) is 0.810. The molecule has 0 heterocycles. The molecule has 0 radical (unpaired) electrons. The van der Waals surface area contributed by atoms with Crippen LogP contribution in [0.25, 0.3) is 0 Å². The van der Waals surface area contributed by atoms with Crippen LogP contribution in [0.5, 0.6) is 0 Å². The fourth-order valence-electron chi connectivity index (χ4n) is 1.81. The molecule has 0 saturated carbocycles. The van der Waals surface area contributed by atoms with Gasteiger partial charge in [0.15, 0.2) is 5.78 Å². The Labute approximate surface area is 112 Å². The van der Waals surface area contributed by atoms with Crippen molar-refractivity contribution in [1.82, 2.24) is 0 Å². The number of methoxy groups -OCH3 is 1. The van der Waals surface area contributed by atoms with Gasteiger partial charge in [0.25, 0.3) is 0 Å². The van der Waals surface area contributed by atoms with E-state index in [1.807, 2.05) is 18.2 Å². The van der Waals surface area contributed by atoms with E-state index >= 15 is 0 Å². The molecule has 1 aliphatic rings. The molecule has 0 aromatic heterocycles. The summed E-state index contributed by atoms with van der Waals surface area (Å²) in [6.07, 6.45) is 8.42. The number of carbonyl (C=O) groups is 2. The topological polar surface area (TPSA) is 72.8 Å². The number of ketones is 1. The molecule has 5 nitrogen and oxygen atoms in total. The van der Waals surface area contributed by atoms with Gasteiger partial charge in [-0.25, -0.2) is 4.79 Å². The van der Waals surface area contributed by atoms with Gasteiger partial charge in [0.1, 0.15) is 6.61 Å². The normalized spacial score (nSPS) is 19.1. The molecule has 0 spiro atoms. The minimum atomic E-state index is -0.949. The molecule has 0 aromatic carbocycles. The molecule has 5 heteroatoms. The number of allylic oxidation sites excluding steroid dienone is 3. The number of ether oxygens (including phenoxy) is 2. The maximum Gasteiger partial charge on any atom is 0.329 e. The molecule has 0 aromatic rings. The molecular formula is C14H20O5. The van der Waals surface area contributed by atoms with Crippen LogP contribution >= 0.6 is 0 Å². The quantitative estimate of drug-likeness (QED) is 0.509. The number of carboxylic acid groups (broad SMARTS) is 1. The van der Waals surface area contributed by atoms with Crippen molar-refractivity contribution < 1.29 is 24.2 Å². The van der Waals surface area contributed by atoms with Crippen molar-refractivity contribution in [1.29, 1.82) is 0 Å². The number of rotatable bonds is 9. The molecule has 1 unspecified atom stereocenters. The zero-order valence-electron chi connectivity index (χ0n) is 11.1. The van der Waals surface area contributed by atoms with Crippen LogP contribution in [0.4, 0.5) is 0 Å². The van der Waals surface area contributed by atoms with Crippen molar-refractivity contribution in [2.45, 2.75) is 31.8 Å². The van der Waals surface area contributed by atoms with Crippen LogP contribution in [-0.2, 0) is 19.1 Å². The second-order valence-electron chi connectivity index (χ2n) is 4.36. The first-order chi connectivity index (χ1) is 9.13. The Morgan fingerprint density at radius 1 is 1.53 bits per heavy atom. The molecule has 1 N–H and O–H groups in total. The van der Waals surface area contributed by atoms with Gasteiger partial charge in [-0.3, -0.25) is 4.79 Å². The Hall–Kier alpha value is -1.46. The predicted molar refractivity (Wildman–Crippen MR) is 69.9 cm³/mol. The van der Waals surface area contributed by atoms with E-state index < -0.39 is 5.97 Å². The van der Waals surface area contributed by atoms with Gasteiger partial charge < -0.3 is 14.6 Å². The van der Waals surface area contributed by atoms with Gasteiger partial charge in [0.2, 0.25) is 0 Å². The van der Waals surface area contributed by atoms with Gasteiger partial charge in [-0.15, -0.1) is 0 Å². The van der Waals surface area contributed by atoms with Crippen LogP contribution in [0, 0.1) is 0 Å². The largest absolute Gasteiger partial charge is 0.480 e. The van der Waals surface area contributed by atoms with E-state index in [1.54, 1.807) is 7.11 Å². The maximum absolute atomic E-state index is 11.6. The van der Waals surface area contributed by atoms with Crippen molar-refractivity contribution in [2.24, 2.45) is 0 Å². The van der Waals surface area contributed by atoms with Crippen molar-refractivity contribution in [3.8, 4) is 0 Å². The third kappa shape index (κ3) is 6.31. The van der Waals surface area contributed by atoms with E-state index in [4.69, 9.17) is 14.6 Å². The zero-order valence-corrected chi connectivity index (χ0v) is 11.1. The molecular weight excluding hydrogens is 248 g/mol. The van der Waals surface area contributed by atoms with Gasteiger partial charge in [0, 0.05) is 20.1 Å². The summed E-state index contributed by atoms with van der Waals surface area (Å²) in [6, 6.07) is 0. The van der Waals surface area contributed by atoms with E-state index in [-0.39, 0.29) is 18.5 Å². The van der Waals surface area contributed by atoms with Crippen molar-refractivity contribution in [3.63, 3.8) is 0 Å². The maximum atomic E-state index is 11.6. The summed E-state index contributed by atoms with van der Waals surface area (Å²) in [7, 11) is 1.60. The lowest BCUT2D eigenvalue weighted by molar-refractivity contribution is -0.142. The lowest BCUT2D eigenvalue weighted by atomic mass is 10.1. The number of hydrogen-bond donors (Lipinski definition) is 1. The molecule has 0 aliphatic heterocycles.